The predicted octanol–water partition coefficient (Wildman–Crippen LogP) is 3.76. The number of nitrogens with one attached hydrogen (secondary N) is 1. The summed E-state index contributed by atoms with van der Waals surface area (Å²) in [5.41, 5.74) is 0. The van der Waals surface area contributed by atoms with E-state index in [1.807, 2.05) is 6.92 Å². The van der Waals surface area contributed by atoms with E-state index in [0.29, 0.717) is 13.0 Å². The maximum absolute atomic E-state index is 11.5. The minimum Gasteiger partial charge on any atom is -0.447 e. The fourth-order valence-corrected chi connectivity index (χ4v) is 2.76. The van der Waals surface area contributed by atoms with Crippen molar-refractivity contribution in [2.24, 2.45) is 0 Å². The zero-order chi connectivity index (χ0) is 18.3. The lowest BCUT2D eigenvalue weighted by molar-refractivity contribution is -0.0710. The molecule has 1 rings (SSSR count). The van der Waals surface area contributed by atoms with Crippen molar-refractivity contribution >= 4 is 6.09 Å². The van der Waals surface area contributed by atoms with Crippen molar-refractivity contribution < 1.29 is 24.1 Å². The molecular formula is C19H37NO5. The van der Waals surface area contributed by atoms with E-state index in [9.17, 15) is 9.90 Å². The van der Waals surface area contributed by atoms with Crippen molar-refractivity contribution in [1.29, 1.82) is 0 Å². The average Bonchev–Trinajstić information content (AvgIpc) is 3.08. The number of alkyl carbamates (subject to hydrolysis) is 1. The first kappa shape index (κ1) is 22.2. The van der Waals surface area contributed by atoms with Crippen LogP contribution in [0.3, 0.4) is 0 Å². The van der Waals surface area contributed by atoms with Gasteiger partial charge >= 0.3 is 6.09 Å². The summed E-state index contributed by atoms with van der Waals surface area (Å²) in [6.07, 6.45) is 10.4. The number of carbonyl (C=O) groups is 1. The highest BCUT2D eigenvalue weighted by Crippen LogP contribution is 2.18. The first-order valence-corrected chi connectivity index (χ1v) is 10.0. The van der Waals surface area contributed by atoms with Crippen molar-refractivity contribution in [3.05, 3.63) is 0 Å². The lowest BCUT2D eigenvalue weighted by atomic mass is 10.1. The van der Waals surface area contributed by atoms with Crippen LogP contribution < -0.4 is 5.32 Å². The number of ether oxygens (including phenoxy) is 3. The predicted molar refractivity (Wildman–Crippen MR) is 97.5 cm³/mol. The van der Waals surface area contributed by atoms with Gasteiger partial charge in [-0.3, -0.25) is 0 Å². The number of amides is 1. The Morgan fingerprint density at radius 2 is 1.84 bits per heavy atom. The fraction of sp³-hybridized carbons (Fsp3) is 0.947. The Kier molecular flexibility index (Phi) is 12.7. The Morgan fingerprint density at radius 3 is 2.52 bits per heavy atom. The fourth-order valence-electron chi connectivity index (χ4n) is 2.76. The van der Waals surface area contributed by atoms with Gasteiger partial charge in [0.25, 0.3) is 0 Å². The van der Waals surface area contributed by atoms with E-state index >= 15 is 0 Å². The molecule has 1 saturated heterocycles. The topological polar surface area (TPSA) is 77.0 Å². The van der Waals surface area contributed by atoms with Gasteiger partial charge in [0, 0.05) is 6.54 Å². The molecule has 6 heteroatoms. The molecule has 0 aliphatic carbocycles. The molecule has 1 amide bonds. The van der Waals surface area contributed by atoms with Crippen molar-refractivity contribution in [3.63, 3.8) is 0 Å². The van der Waals surface area contributed by atoms with Gasteiger partial charge in [0.1, 0.15) is 12.7 Å². The van der Waals surface area contributed by atoms with Gasteiger partial charge in [-0.05, 0) is 19.3 Å². The average molecular weight is 360 g/mol. The van der Waals surface area contributed by atoms with Gasteiger partial charge in [0.05, 0.1) is 12.7 Å². The SMILES string of the molecule is CCCCCCCCCCC1OCC(COC(=O)NCC(O)CC)O1. The number of aliphatic hydroxyl groups is 1. The Bertz CT molecular complexity index is 340. The second-order valence-corrected chi connectivity index (χ2v) is 6.83. The lowest BCUT2D eigenvalue weighted by Crippen LogP contribution is -2.34. The van der Waals surface area contributed by atoms with Crippen LogP contribution in [0, 0.1) is 0 Å². The Hall–Kier alpha value is -0.850. The molecule has 0 bridgehead atoms. The number of hydrogen-bond donors (Lipinski definition) is 2. The number of aliphatic hydroxyl groups excluding tert-OH is 1. The van der Waals surface area contributed by atoms with E-state index in [2.05, 4.69) is 12.2 Å². The van der Waals surface area contributed by atoms with Gasteiger partial charge in [-0.15, -0.1) is 0 Å². The second kappa shape index (κ2) is 14.3. The van der Waals surface area contributed by atoms with E-state index in [1.165, 1.54) is 44.9 Å². The van der Waals surface area contributed by atoms with Crippen LogP contribution in [0.2, 0.25) is 0 Å². The molecule has 2 N–H and O–H groups in total. The number of hydrogen-bond acceptors (Lipinski definition) is 5. The Morgan fingerprint density at radius 1 is 1.16 bits per heavy atom. The number of rotatable bonds is 14. The Balaban J connectivity index is 1.96. The summed E-state index contributed by atoms with van der Waals surface area (Å²) in [4.78, 5) is 11.5. The van der Waals surface area contributed by atoms with Crippen LogP contribution in [0.4, 0.5) is 4.79 Å². The van der Waals surface area contributed by atoms with Crippen molar-refractivity contribution in [2.75, 3.05) is 19.8 Å². The van der Waals surface area contributed by atoms with E-state index in [-0.39, 0.29) is 25.5 Å². The molecule has 1 heterocycles. The van der Waals surface area contributed by atoms with Gasteiger partial charge < -0.3 is 24.6 Å². The molecule has 6 nitrogen and oxygen atoms in total. The monoisotopic (exact) mass is 359 g/mol. The molecule has 0 aromatic heterocycles. The first-order valence-electron chi connectivity index (χ1n) is 10.0. The van der Waals surface area contributed by atoms with Gasteiger partial charge in [-0.2, -0.15) is 0 Å². The third kappa shape index (κ3) is 11.4. The van der Waals surface area contributed by atoms with Gasteiger partial charge in [-0.25, -0.2) is 4.79 Å². The van der Waals surface area contributed by atoms with Crippen molar-refractivity contribution in [1.82, 2.24) is 5.32 Å². The molecule has 0 aromatic carbocycles. The molecule has 1 aliphatic heterocycles. The quantitative estimate of drug-likeness (QED) is 0.462. The van der Waals surface area contributed by atoms with E-state index in [1.54, 1.807) is 0 Å². The molecule has 148 valence electrons. The molecule has 0 aromatic rings. The second-order valence-electron chi connectivity index (χ2n) is 6.83. The van der Waals surface area contributed by atoms with Crippen molar-refractivity contribution in [2.45, 2.75) is 96.6 Å². The molecule has 1 aliphatic rings. The molecule has 3 atom stereocenters. The van der Waals surface area contributed by atoms with Crippen LogP contribution in [0.5, 0.6) is 0 Å². The number of carbonyl (C=O) groups excluding carboxylic acids is 1. The highest BCUT2D eigenvalue weighted by Gasteiger charge is 2.26. The van der Waals surface area contributed by atoms with E-state index in [0.717, 1.165) is 12.8 Å². The zero-order valence-electron chi connectivity index (χ0n) is 16.0. The third-order valence-electron chi connectivity index (χ3n) is 4.46. The molecule has 3 unspecified atom stereocenters. The Labute approximate surface area is 152 Å². The van der Waals surface area contributed by atoms with Crippen LogP contribution in [0.25, 0.3) is 0 Å². The van der Waals surface area contributed by atoms with Gasteiger partial charge in [0.15, 0.2) is 6.29 Å². The highest BCUT2D eigenvalue weighted by molar-refractivity contribution is 5.67. The minimum atomic E-state index is -0.533. The normalized spacial score (nSPS) is 21.2. The first-order chi connectivity index (χ1) is 12.2. The van der Waals surface area contributed by atoms with Crippen LogP contribution in [-0.2, 0) is 14.2 Å². The summed E-state index contributed by atoms with van der Waals surface area (Å²) in [7, 11) is 0. The van der Waals surface area contributed by atoms with Crippen LogP contribution in [0.1, 0.15) is 78.1 Å². The molecule has 25 heavy (non-hydrogen) atoms. The number of unbranched alkanes of at least 4 members (excludes halogenated alkanes) is 7. The van der Waals surface area contributed by atoms with Gasteiger partial charge in [-0.1, -0.05) is 58.8 Å². The molecule has 0 spiro atoms. The van der Waals surface area contributed by atoms with Gasteiger partial charge in [0.2, 0.25) is 0 Å². The molecular weight excluding hydrogens is 322 g/mol. The summed E-state index contributed by atoms with van der Waals surface area (Å²) < 4.78 is 16.4. The zero-order valence-corrected chi connectivity index (χ0v) is 16.0. The molecule has 0 radical (unpaired) electrons. The summed E-state index contributed by atoms with van der Waals surface area (Å²) in [5.74, 6) is 0. The smallest absolute Gasteiger partial charge is 0.407 e. The van der Waals surface area contributed by atoms with Crippen LogP contribution in [0.15, 0.2) is 0 Å². The highest BCUT2D eigenvalue weighted by atomic mass is 16.7. The molecule has 0 saturated carbocycles. The van der Waals surface area contributed by atoms with Crippen LogP contribution >= 0.6 is 0 Å². The van der Waals surface area contributed by atoms with Crippen molar-refractivity contribution in [3.8, 4) is 0 Å². The van der Waals surface area contributed by atoms with E-state index in [4.69, 9.17) is 14.2 Å². The molecule has 1 fully saturated rings. The third-order valence-corrected chi connectivity index (χ3v) is 4.46. The maximum Gasteiger partial charge on any atom is 0.407 e. The maximum atomic E-state index is 11.5. The summed E-state index contributed by atoms with van der Waals surface area (Å²) in [6.45, 7) is 4.95. The summed E-state index contributed by atoms with van der Waals surface area (Å²) in [6, 6.07) is 0. The van der Waals surface area contributed by atoms with E-state index < -0.39 is 12.2 Å². The van der Waals surface area contributed by atoms with Crippen LogP contribution in [-0.4, -0.2) is 49.5 Å². The minimum absolute atomic E-state index is 0.168. The lowest BCUT2D eigenvalue weighted by Gasteiger charge is -2.13. The standard InChI is InChI=1S/C19H37NO5/c1-3-5-6-7-8-9-10-11-12-18-23-14-17(25-18)15-24-19(22)20-13-16(21)4-2/h16-18,21H,3-15H2,1-2H3,(H,20,22). The summed E-state index contributed by atoms with van der Waals surface area (Å²) >= 11 is 0. The summed E-state index contributed by atoms with van der Waals surface area (Å²) in [5, 5.41) is 11.9. The largest absolute Gasteiger partial charge is 0.447 e.